The molecule has 0 spiro atoms. The molecule has 2 atom stereocenters. The number of carbonyl (C=O) groups is 1. The van der Waals surface area contributed by atoms with Gasteiger partial charge in [-0.05, 0) is 57.8 Å². The first-order valence-corrected chi connectivity index (χ1v) is 16.3. The van der Waals surface area contributed by atoms with Crippen molar-refractivity contribution in [3.05, 3.63) is 60.8 Å². The summed E-state index contributed by atoms with van der Waals surface area (Å²) in [5, 5.41) is 0. The zero-order chi connectivity index (χ0) is 29.6. The summed E-state index contributed by atoms with van der Waals surface area (Å²) >= 11 is 0. The highest BCUT2D eigenvalue weighted by Gasteiger charge is 2.25. The third kappa shape index (κ3) is 27.8. The summed E-state index contributed by atoms with van der Waals surface area (Å²) in [5.41, 5.74) is 5.29. The van der Waals surface area contributed by atoms with E-state index < -0.39 is 13.9 Å². The molecule has 0 aliphatic carbocycles. The van der Waals surface area contributed by atoms with Gasteiger partial charge >= 0.3 is 13.8 Å². The normalized spacial score (nSPS) is 14.8. The third-order valence-corrected chi connectivity index (χ3v) is 6.43. The molecule has 0 bridgehead atoms. The SMILES string of the molecule is CC/C=C\C/C=C\C/C=C\C/C=C\C/C=C\CCCCOCC(COP(=O)(O)OCCN)OC(=O)CCCCC. The number of esters is 1. The minimum Gasteiger partial charge on any atom is -0.457 e. The molecular formula is C31H54NO7P. The largest absolute Gasteiger partial charge is 0.472 e. The molecule has 0 heterocycles. The van der Waals surface area contributed by atoms with Gasteiger partial charge in [-0.3, -0.25) is 13.8 Å². The lowest BCUT2D eigenvalue weighted by atomic mass is 10.2. The van der Waals surface area contributed by atoms with Gasteiger partial charge in [0.05, 0.1) is 19.8 Å². The molecule has 8 nitrogen and oxygen atoms in total. The van der Waals surface area contributed by atoms with Crippen molar-refractivity contribution in [3.8, 4) is 0 Å². The van der Waals surface area contributed by atoms with Crippen molar-refractivity contribution >= 4 is 13.8 Å². The number of phosphoric ester groups is 1. The Morgan fingerprint density at radius 3 is 1.95 bits per heavy atom. The number of carbonyl (C=O) groups excluding carboxylic acids is 1. The average Bonchev–Trinajstić information content (AvgIpc) is 2.93. The molecule has 0 aromatic carbocycles. The quantitative estimate of drug-likeness (QED) is 0.0442. The molecule has 230 valence electrons. The van der Waals surface area contributed by atoms with Crippen LogP contribution >= 0.6 is 7.82 Å². The molecule has 0 fully saturated rings. The zero-order valence-electron chi connectivity index (χ0n) is 24.8. The van der Waals surface area contributed by atoms with Crippen molar-refractivity contribution in [2.45, 2.75) is 97.0 Å². The number of hydrogen-bond acceptors (Lipinski definition) is 7. The molecule has 9 heteroatoms. The molecule has 0 saturated heterocycles. The van der Waals surface area contributed by atoms with E-state index in [0.29, 0.717) is 6.61 Å². The predicted octanol–water partition coefficient (Wildman–Crippen LogP) is 7.51. The van der Waals surface area contributed by atoms with E-state index >= 15 is 0 Å². The first kappa shape index (κ1) is 38.2. The molecule has 0 aliphatic rings. The Hall–Kier alpha value is -1.80. The van der Waals surface area contributed by atoms with Crippen LogP contribution in [0, 0.1) is 0 Å². The summed E-state index contributed by atoms with van der Waals surface area (Å²) in [7, 11) is -4.26. The topological polar surface area (TPSA) is 117 Å². The lowest BCUT2D eigenvalue weighted by Crippen LogP contribution is -2.28. The van der Waals surface area contributed by atoms with Gasteiger partial charge in [-0.1, -0.05) is 87.4 Å². The maximum Gasteiger partial charge on any atom is 0.472 e. The Kier molecular flexibility index (Phi) is 27.4. The van der Waals surface area contributed by atoms with Crippen LogP contribution in [0.1, 0.15) is 90.9 Å². The zero-order valence-corrected chi connectivity index (χ0v) is 25.7. The Morgan fingerprint density at radius 1 is 0.775 bits per heavy atom. The molecule has 0 aromatic rings. The van der Waals surface area contributed by atoms with Crippen molar-refractivity contribution in [1.82, 2.24) is 0 Å². The Morgan fingerprint density at radius 2 is 1.38 bits per heavy atom. The highest BCUT2D eigenvalue weighted by molar-refractivity contribution is 7.47. The second-order valence-electron chi connectivity index (χ2n) is 9.23. The van der Waals surface area contributed by atoms with Crippen molar-refractivity contribution < 1.29 is 32.8 Å². The molecule has 0 aliphatic heterocycles. The van der Waals surface area contributed by atoms with Gasteiger partial charge in [0, 0.05) is 19.6 Å². The summed E-state index contributed by atoms with van der Waals surface area (Å²) in [6, 6.07) is 0. The fraction of sp³-hybridized carbons (Fsp3) is 0.645. The van der Waals surface area contributed by atoms with Crippen LogP contribution in [0.25, 0.3) is 0 Å². The fourth-order valence-electron chi connectivity index (χ4n) is 3.31. The number of unbranched alkanes of at least 4 members (excludes halogenated alkanes) is 4. The summed E-state index contributed by atoms with van der Waals surface area (Å²) < 4.78 is 32.7. The van der Waals surface area contributed by atoms with Gasteiger partial charge in [0.1, 0.15) is 6.10 Å². The Balaban J connectivity index is 4.08. The number of ether oxygens (including phenoxy) is 2. The van der Waals surface area contributed by atoms with E-state index in [2.05, 4.69) is 74.6 Å². The van der Waals surface area contributed by atoms with Crippen molar-refractivity contribution in [2.75, 3.05) is 33.0 Å². The number of rotatable bonds is 27. The molecule has 0 aromatic heterocycles. The van der Waals surface area contributed by atoms with Crippen molar-refractivity contribution in [2.24, 2.45) is 5.73 Å². The van der Waals surface area contributed by atoms with Gasteiger partial charge in [0.2, 0.25) is 0 Å². The van der Waals surface area contributed by atoms with Gasteiger partial charge < -0.3 is 20.1 Å². The van der Waals surface area contributed by atoms with E-state index in [-0.39, 0.29) is 38.8 Å². The lowest BCUT2D eigenvalue weighted by Gasteiger charge is -2.20. The molecule has 3 N–H and O–H groups in total. The van der Waals surface area contributed by atoms with E-state index in [1.807, 2.05) is 0 Å². The van der Waals surface area contributed by atoms with Crippen LogP contribution in [0.2, 0.25) is 0 Å². The van der Waals surface area contributed by atoms with Crippen LogP contribution in [0.3, 0.4) is 0 Å². The minimum atomic E-state index is -4.26. The summed E-state index contributed by atoms with van der Waals surface area (Å²) in [5.74, 6) is -0.375. The van der Waals surface area contributed by atoms with Crippen molar-refractivity contribution in [3.63, 3.8) is 0 Å². The first-order valence-electron chi connectivity index (χ1n) is 14.8. The van der Waals surface area contributed by atoms with Gasteiger partial charge in [-0.2, -0.15) is 0 Å². The fourth-order valence-corrected chi connectivity index (χ4v) is 4.08. The summed E-state index contributed by atoms with van der Waals surface area (Å²) in [6.45, 7) is 4.46. The molecule has 40 heavy (non-hydrogen) atoms. The summed E-state index contributed by atoms with van der Waals surface area (Å²) in [4.78, 5) is 21.8. The minimum absolute atomic E-state index is 0.0814. The van der Waals surface area contributed by atoms with Crippen LogP contribution in [0.15, 0.2) is 60.8 Å². The number of nitrogens with two attached hydrogens (primary N) is 1. The predicted molar refractivity (Wildman–Crippen MR) is 164 cm³/mol. The van der Waals surface area contributed by atoms with Gasteiger partial charge in [0.15, 0.2) is 0 Å². The maximum absolute atomic E-state index is 12.1. The summed E-state index contributed by atoms with van der Waals surface area (Å²) in [6.07, 6.45) is 31.7. The van der Waals surface area contributed by atoms with Gasteiger partial charge in [-0.25, -0.2) is 4.57 Å². The number of hydrogen-bond donors (Lipinski definition) is 2. The van der Waals surface area contributed by atoms with Crippen LogP contribution in [0.5, 0.6) is 0 Å². The van der Waals surface area contributed by atoms with Crippen LogP contribution in [-0.2, 0) is 27.9 Å². The second kappa shape index (κ2) is 28.7. The van der Waals surface area contributed by atoms with Crippen LogP contribution in [0.4, 0.5) is 0 Å². The molecule has 0 radical (unpaired) electrons. The smallest absolute Gasteiger partial charge is 0.457 e. The first-order chi connectivity index (χ1) is 19.4. The van der Waals surface area contributed by atoms with Gasteiger partial charge in [0.25, 0.3) is 0 Å². The standard InChI is InChI=1S/C31H54NO7P/c1-3-5-7-8-9-10-11-12-13-14-15-16-17-18-19-20-21-23-26-36-28-30(39-31(33)24-22-6-4-2)29-38-40(34,35)37-27-25-32/h5,7,9-10,12-13,15-16,18-19,30H,3-4,6,8,11,14,17,20-29,32H2,1-2H3,(H,34,35)/b7-5-,10-9-,13-12-,16-15-,19-18-. The Bertz CT molecular complexity index is 793. The molecule has 0 saturated carbocycles. The monoisotopic (exact) mass is 583 g/mol. The van der Waals surface area contributed by atoms with Crippen LogP contribution in [-0.4, -0.2) is 49.9 Å². The maximum atomic E-state index is 12.1. The van der Waals surface area contributed by atoms with Crippen molar-refractivity contribution in [1.29, 1.82) is 0 Å². The molecular weight excluding hydrogens is 529 g/mol. The van der Waals surface area contributed by atoms with E-state index in [4.69, 9.17) is 24.3 Å². The highest BCUT2D eigenvalue weighted by atomic mass is 31.2. The van der Waals surface area contributed by atoms with E-state index in [9.17, 15) is 14.3 Å². The average molecular weight is 584 g/mol. The number of phosphoric acid groups is 1. The third-order valence-electron chi connectivity index (χ3n) is 5.45. The second-order valence-corrected chi connectivity index (χ2v) is 10.7. The molecule has 2 unspecified atom stereocenters. The van der Waals surface area contributed by atoms with E-state index in [1.165, 1.54) is 0 Å². The number of allylic oxidation sites excluding steroid dienone is 10. The molecule has 0 amide bonds. The van der Waals surface area contributed by atoms with Gasteiger partial charge in [-0.15, -0.1) is 0 Å². The lowest BCUT2D eigenvalue weighted by molar-refractivity contribution is -0.154. The van der Waals surface area contributed by atoms with E-state index in [0.717, 1.165) is 70.6 Å². The molecule has 0 rings (SSSR count). The van der Waals surface area contributed by atoms with Crippen LogP contribution < -0.4 is 5.73 Å². The highest BCUT2D eigenvalue weighted by Crippen LogP contribution is 2.43. The Labute approximate surface area is 243 Å². The van der Waals surface area contributed by atoms with E-state index in [1.54, 1.807) is 0 Å².